The van der Waals surface area contributed by atoms with Gasteiger partial charge in [0.15, 0.2) is 0 Å². The zero-order valence-corrected chi connectivity index (χ0v) is 12.4. The van der Waals surface area contributed by atoms with Crippen LogP contribution in [0.2, 0.25) is 0 Å². The predicted molar refractivity (Wildman–Crippen MR) is 77.5 cm³/mol. The molecule has 0 unspecified atom stereocenters. The Morgan fingerprint density at radius 2 is 1.81 bits per heavy atom. The van der Waals surface area contributed by atoms with Crippen molar-refractivity contribution in [1.82, 2.24) is 5.32 Å². The number of anilines is 1. The second kappa shape index (κ2) is 6.66. The molecule has 1 heterocycles. The molecule has 0 atom stereocenters. The Morgan fingerprint density at radius 1 is 1.24 bits per heavy atom. The fourth-order valence-electron chi connectivity index (χ4n) is 2.32. The third kappa shape index (κ3) is 4.11. The summed E-state index contributed by atoms with van der Waals surface area (Å²) in [5, 5.41) is 5.57. The van der Waals surface area contributed by atoms with E-state index in [9.17, 15) is 18.0 Å². The third-order valence-electron chi connectivity index (χ3n) is 3.74. The van der Waals surface area contributed by atoms with E-state index in [-0.39, 0.29) is 24.0 Å². The van der Waals surface area contributed by atoms with Gasteiger partial charge < -0.3 is 10.6 Å². The molecule has 0 spiro atoms. The molecule has 1 saturated heterocycles. The van der Waals surface area contributed by atoms with Gasteiger partial charge in [-0.1, -0.05) is 19.1 Å². The molecule has 1 aliphatic heterocycles. The molecule has 0 aromatic heterocycles. The molecule has 0 aliphatic carbocycles. The number of amides is 1. The topological polar surface area (TPSA) is 41.1 Å². The highest BCUT2D eigenvalue weighted by atomic mass is 35.5. The highest BCUT2D eigenvalue weighted by molar-refractivity contribution is 5.95. The minimum atomic E-state index is -4.47. The zero-order valence-electron chi connectivity index (χ0n) is 11.6. The molecule has 1 fully saturated rings. The highest BCUT2D eigenvalue weighted by Crippen LogP contribution is 2.36. The lowest BCUT2D eigenvalue weighted by atomic mass is 9.80. The molecule has 2 rings (SSSR count). The van der Waals surface area contributed by atoms with Gasteiger partial charge in [0.05, 0.1) is 11.3 Å². The first-order valence-electron chi connectivity index (χ1n) is 6.51. The number of carbonyl (C=O) groups excluding carboxylic acids is 1. The molecule has 3 nitrogen and oxygen atoms in total. The molecule has 118 valence electrons. The first-order valence-corrected chi connectivity index (χ1v) is 6.51. The van der Waals surface area contributed by atoms with E-state index in [1.165, 1.54) is 18.2 Å². The first-order chi connectivity index (χ1) is 9.33. The second-order valence-electron chi connectivity index (χ2n) is 5.31. The predicted octanol–water partition coefficient (Wildman–Crippen LogP) is 3.46. The van der Waals surface area contributed by atoms with Crippen molar-refractivity contribution < 1.29 is 18.0 Å². The Kier molecular flexibility index (Phi) is 5.64. The maximum absolute atomic E-state index is 12.9. The van der Waals surface area contributed by atoms with E-state index in [2.05, 4.69) is 10.6 Å². The highest BCUT2D eigenvalue weighted by Gasteiger charge is 2.37. The zero-order chi connectivity index (χ0) is 14.8. The lowest BCUT2D eigenvalue weighted by molar-refractivity contribution is -0.137. The maximum Gasteiger partial charge on any atom is 0.418 e. The van der Waals surface area contributed by atoms with E-state index in [0.717, 1.165) is 6.07 Å². The van der Waals surface area contributed by atoms with Crippen molar-refractivity contribution >= 4 is 24.0 Å². The van der Waals surface area contributed by atoms with E-state index < -0.39 is 17.2 Å². The lowest BCUT2D eigenvalue weighted by Gasteiger charge is -2.32. The Labute approximate surface area is 127 Å². The third-order valence-corrected chi connectivity index (χ3v) is 3.74. The minimum absolute atomic E-state index is 0. The average molecular weight is 323 g/mol. The van der Waals surface area contributed by atoms with Crippen LogP contribution in [0.3, 0.4) is 0 Å². The molecular weight excluding hydrogens is 305 g/mol. The smallest absolute Gasteiger partial charge is 0.325 e. The molecule has 1 aromatic rings. The molecule has 0 saturated carbocycles. The molecule has 21 heavy (non-hydrogen) atoms. The van der Waals surface area contributed by atoms with Gasteiger partial charge in [-0.25, -0.2) is 0 Å². The van der Waals surface area contributed by atoms with Gasteiger partial charge in [0.2, 0.25) is 5.91 Å². The number of hydrogen-bond donors (Lipinski definition) is 2. The van der Waals surface area contributed by atoms with Crippen LogP contribution >= 0.6 is 12.4 Å². The second-order valence-corrected chi connectivity index (χ2v) is 5.31. The van der Waals surface area contributed by atoms with Crippen molar-refractivity contribution in [2.75, 3.05) is 18.4 Å². The fourth-order valence-corrected chi connectivity index (χ4v) is 2.32. The average Bonchev–Trinajstić information content (AvgIpc) is 2.39. The number of hydrogen-bond acceptors (Lipinski definition) is 2. The van der Waals surface area contributed by atoms with Crippen molar-refractivity contribution in [2.24, 2.45) is 5.41 Å². The van der Waals surface area contributed by atoms with Crippen molar-refractivity contribution in [3.8, 4) is 0 Å². The SMILES string of the molecule is CC1(C(=O)Nc2ccccc2C(F)(F)F)CCNCC1.Cl. The van der Waals surface area contributed by atoms with Crippen LogP contribution in [0.15, 0.2) is 24.3 Å². The molecule has 0 radical (unpaired) electrons. The first kappa shape index (κ1) is 17.8. The maximum atomic E-state index is 12.9. The van der Waals surface area contributed by atoms with Gasteiger partial charge in [0.25, 0.3) is 0 Å². The van der Waals surface area contributed by atoms with Crippen molar-refractivity contribution in [2.45, 2.75) is 25.9 Å². The summed E-state index contributed by atoms with van der Waals surface area (Å²) in [6, 6.07) is 5.05. The Hall–Kier alpha value is -1.27. The van der Waals surface area contributed by atoms with Crippen LogP contribution in [0.1, 0.15) is 25.3 Å². The van der Waals surface area contributed by atoms with Crippen LogP contribution in [0.5, 0.6) is 0 Å². The van der Waals surface area contributed by atoms with Gasteiger partial charge in [-0.2, -0.15) is 13.2 Å². The molecular formula is C14H18ClF3N2O. The number of rotatable bonds is 2. The van der Waals surface area contributed by atoms with E-state index in [0.29, 0.717) is 25.9 Å². The summed E-state index contributed by atoms with van der Waals surface area (Å²) in [6.07, 6.45) is -3.24. The van der Waals surface area contributed by atoms with Gasteiger partial charge in [0, 0.05) is 5.41 Å². The summed E-state index contributed by atoms with van der Waals surface area (Å²) in [5.74, 6) is -0.351. The van der Waals surface area contributed by atoms with E-state index in [4.69, 9.17) is 0 Å². The minimum Gasteiger partial charge on any atom is -0.325 e. The summed E-state index contributed by atoms with van der Waals surface area (Å²) in [7, 11) is 0. The number of piperidine rings is 1. The Balaban J connectivity index is 0.00000220. The van der Waals surface area contributed by atoms with E-state index >= 15 is 0 Å². The Morgan fingerprint density at radius 3 is 2.38 bits per heavy atom. The molecule has 1 aliphatic rings. The van der Waals surface area contributed by atoms with Crippen LogP contribution in [-0.4, -0.2) is 19.0 Å². The molecule has 2 N–H and O–H groups in total. The van der Waals surface area contributed by atoms with Crippen molar-refractivity contribution in [3.05, 3.63) is 29.8 Å². The number of carbonyl (C=O) groups is 1. The van der Waals surface area contributed by atoms with Crippen LogP contribution in [-0.2, 0) is 11.0 Å². The quantitative estimate of drug-likeness (QED) is 0.875. The summed E-state index contributed by atoms with van der Waals surface area (Å²) in [4.78, 5) is 12.3. The Bertz CT molecular complexity index is 499. The number of halogens is 4. The van der Waals surface area contributed by atoms with Gasteiger partial charge >= 0.3 is 6.18 Å². The van der Waals surface area contributed by atoms with E-state index in [1.54, 1.807) is 6.92 Å². The van der Waals surface area contributed by atoms with Crippen LogP contribution in [0.25, 0.3) is 0 Å². The van der Waals surface area contributed by atoms with Crippen molar-refractivity contribution in [3.63, 3.8) is 0 Å². The van der Waals surface area contributed by atoms with Gasteiger partial charge in [0.1, 0.15) is 0 Å². The number of nitrogens with one attached hydrogen (secondary N) is 2. The summed E-state index contributed by atoms with van der Waals surface area (Å²) >= 11 is 0. The van der Waals surface area contributed by atoms with E-state index in [1.807, 2.05) is 0 Å². The molecule has 0 bridgehead atoms. The standard InChI is InChI=1S/C14H17F3N2O.ClH/c1-13(6-8-18-9-7-13)12(20)19-11-5-3-2-4-10(11)14(15,16)17;/h2-5,18H,6-9H2,1H3,(H,19,20);1H. The monoisotopic (exact) mass is 322 g/mol. The van der Waals surface area contributed by atoms with Crippen LogP contribution < -0.4 is 10.6 Å². The molecule has 1 amide bonds. The fraction of sp³-hybridized carbons (Fsp3) is 0.500. The van der Waals surface area contributed by atoms with Gasteiger partial charge in [-0.3, -0.25) is 4.79 Å². The largest absolute Gasteiger partial charge is 0.418 e. The molecule has 1 aromatic carbocycles. The van der Waals surface area contributed by atoms with Crippen molar-refractivity contribution in [1.29, 1.82) is 0 Å². The van der Waals surface area contributed by atoms with Gasteiger partial charge in [-0.15, -0.1) is 12.4 Å². The normalized spacial score (nSPS) is 17.7. The molecule has 7 heteroatoms. The summed E-state index contributed by atoms with van der Waals surface area (Å²) in [5.41, 5.74) is -1.61. The number of benzene rings is 1. The van der Waals surface area contributed by atoms with Crippen LogP contribution in [0, 0.1) is 5.41 Å². The number of para-hydroxylation sites is 1. The summed E-state index contributed by atoms with van der Waals surface area (Å²) < 4.78 is 38.6. The lowest BCUT2D eigenvalue weighted by Crippen LogP contribution is -2.43. The van der Waals surface area contributed by atoms with Crippen LogP contribution in [0.4, 0.5) is 18.9 Å². The van der Waals surface area contributed by atoms with Gasteiger partial charge in [-0.05, 0) is 38.1 Å². The number of alkyl halides is 3. The summed E-state index contributed by atoms with van der Waals surface area (Å²) in [6.45, 7) is 3.19.